The fourth-order valence-electron chi connectivity index (χ4n) is 5.54. The van der Waals surface area contributed by atoms with Crippen molar-refractivity contribution in [1.82, 2.24) is 0 Å². The third kappa shape index (κ3) is 36.1. The monoisotopic (exact) mass is 715 g/mol. The van der Waals surface area contributed by atoms with Gasteiger partial charge in [0.25, 0.3) is 0 Å². The van der Waals surface area contributed by atoms with Gasteiger partial charge in [0, 0.05) is 12.8 Å². The molecule has 0 spiro atoms. The first-order valence-corrected chi connectivity index (χ1v) is 21.6. The Balaban J connectivity index is 4.11. The van der Waals surface area contributed by atoms with Crippen LogP contribution in [0.25, 0.3) is 0 Å². The van der Waals surface area contributed by atoms with Crippen molar-refractivity contribution in [3.63, 3.8) is 0 Å². The van der Waals surface area contributed by atoms with E-state index in [-0.39, 0.29) is 25.6 Å². The molecule has 2 unspecified atom stereocenters. The van der Waals surface area contributed by atoms with Gasteiger partial charge in [0.15, 0.2) is 6.10 Å². The Labute approximate surface area is 301 Å². The molecule has 0 saturated carbocycles. The second-order valence-electron chi connectivity index (χ2n) is 13.3. The number of phosphoric acid groups is 1. The van der Waals surface area contributed by atoms with E-state index in [4.69, 9.17) is 18.5 Å². The minimum atomic E-state index is -4.27. The van der Waals surface area contributed by atoms with Crippen LogP contribution in [-0.2, 0) is 32.7 Å². The molecule has 0 aromatic carbocycles. The van der Waals surface area contributed by atoms with Crippen molar-refractivity contribution in [2.24, 2.45) is 0 Å². The lowest BCUT2D eigenvalue weighted by Crippen LogP contribution is -2.29. The van der Waals surface area contributed by atoms with Crippen LogP contribution in [0.15, 0.2) is 24.3 Å². The van der Waals surface area contributed by atoms with Gasteiger partial charge in [-0.3, -0.25) is 18.6 Å². The summed E-state index contributed by atoms with van der Waals surface area (Å²) in [4.78, 5) is 34.6. The van der Waals surface area contributed by atoms with E-state index in [2.05, 4.69) is 38.2 Å². The lowest BCUT2D eigenvalue weighted by Gasteiger charge is -2.19. The molecule has 0 heterocycles. The number of hydrogen-bond donors (Lipinski definition) is 1. The molecule has 288 valence electrons. The molecule has 9 heteroatoms. The first kappa shape index (κ1) is 47.5. The third-order valence-electron chi connectivity index (χ3n) is 8.51. The van der Waals surface area contributed by atoms with E-state index in [0.29, 0.717) is 12.8 Å². The van der Waals surface area contributed by atoms with Crippen molar-refractivity contribution in [3.05, 3.63) is 24.3 Å². The van der Waals surface area contributed by atoms with Crippen LogP contribution in [-0.4, -0.2) is 42.8 Å². The summed E-state index contributed by atoms with van der Waals surface area (Å²) in [6, 6.07) is 0. The van der Waals surface area contributed by atoms with Crippen molar-refractivity contribution in [2.45, 2.75) is 200 Å². The average Bonchev–Trinajstić information content (AvgIpc) is 3.07. The number of ether oxygens (including phenoxy) is 2. The molecular formula is C40H75O8P. The van der Waals surface area contributed by atoms with Gasteiger partial charge in [0.05, 0.1) is 13.2 Å². The zero-order chi connectivity index (χ0) is 36.1. The minimum absolute atomic E-state index is 0.000395. The van der Waals surface area contributed by atoms with Gasteiger partial charge < -0.3 is 14.4 Å². The quantitative estimate of drug-likeness (QED) is 0.0293. The predicted molar refractivity (Wildman–Crippen MR) is 203 cm³/mol. The van der Waals surface area contributed by atoms with E-state index in [1.807, 2.05) is 0 Å². The van der Waals surface area contributed by atoms with Crippen molar-refractivity contribution < 1.29 is 37.6 Å². The standard InChI is InChI=1S/C40H75O8P/c1-4-7-9-11-13-15-17-18-19-20-21-22-23-25-27-29-31-33-35-40(42)48-38(37-47-49(43,44)46-6-3)36-45-39(41)34-32-30-28-26-24-16-14-12-10-8-5-2/h15,17,19-20,38H,4-14,16,18,21-37H2,1-3H3,(H,43,44)/b17-15-,20-19-. The average molecular weight is 715 g/mol. The van der Waals surface area contributed by atoms with Gasteiger partial charge in [-0.25, -0.2) is 4.57 Å². The highest BCUT2D eigenvalue weighted by atomic mass is 31.2. The highest BCUT2D eigenvalue weighted by molar-refractivity contribution is 7.47. The van der Waals surface area contributed by atoms with Crippen molar-refractivity contribution in [1.29, 1.82) is 0 Å². The van der Waals surface area contributed by atoms with E-state index in [1.54, 1.807) is 6.92 Å². The Hall–Kier alpha value is -1.47. The van der Waals surface area contributed by atoms with Crippen LogP contribution in [0, 0.1) is 0 Å². The van der Waals surface area contributed by atoms with Crippen molar-refractivity contribution in [3.8, 4) is 0 Å². The fraction of sp³-hybridized carbons (Fsp3) is 0.850. The molecular weight excluding hydrogens is 639 g/mol. The van der Waals surface area contributed by atoms with Gasteiger partial charge in [-0.1, -0.05) is 154 Å². The molecule has 0 aliphatic heterocycles. The number of carbonyl (C=O) groups is 2. The van der Waals surface area contributed by atoms with Crippen LogP contribution in [0.2, 0.25) is 0 Å². The van der Waals surface area contributed by atoms with Gasteiger partial charge in [-0.05, 0) is 51.9 Å². The van der Waals surface area contributed by atoms with E-state index >= 15 is 0 Å². The Morgan fingerprint density at radius 3 is 1.47 bits per heavy atom. The Morgan fingerprint density at radius 1 is 0.551 bits per heavy atom. The van der Waals surface area contributed by atoms with Gasteiger partial charge >= 0.3 is 19.8 Å². The smallest absolute Gasteiger partial charge is 0.462 e. The van der Waals surface area contributed by atoms with E-state index in [9.17, 15) is 19.0 Å². The zero-order valence-corrected chi connectivity index (χ0v) is 32.7. The fourth-order valence-corrected chi connectivity index (χ4v) is 6.30. The first-order chi connectivity index (χ1) is 23.8. The molecule has 0 fully saturated rings. The summed E-state index contributed by atoms with van der Waals surface area (Å²) < 4.78 is 32.5. The highest BCUT2D eigenvalue weighted by Crippen LogP contribution is 2.43. The molecule has 0 aromatic heterocycles. The van der Waals surface area contributed by atoms with Gasteiger partial charge in [-0.2, -0.15) is 0 Å². The van der Waals surface area contributed by atoms with Crippen molar-refractivity contribution in [2.75, 3.05) is 19.8 Å². The van der Waals surface area contributed by atoms with Gasteiger partial charge in [-0.15, -0.1) is 0 Å². The van der Waals surface area contributed by atoms with E-state index in [1.165, 1.54) is 103 Å². The first-order valence-electron chi connectivity index (χ1n) is 20.1. The molecule has 1 N–H and O–H groups in total. The van der Waals surface area contributed by atoms with Crippen LogP contribution in [0.1, 0.15) is 194 Å². The summed E-state index contributed by atoms with van der Waals surface area (Å²) in [5, 5.41) is 0. The summed E-state index contributed by atoms with van der Waals surface area (Å²) in [5.74, 6) is -0.803. The van der Waals surface area contributed by atoms with E-state index in [0.717, 1.165) is 51.4 Å². The lowest BCUT2D eigenvalue weighted by molar-refractivity contribution is -0.161. The van der Waals surface area contributed by atoms with Crippen LogP contribution in [0.4, 0.5) is 0 Å². The summed E-state index contributed by atoms with van der Waals surface area (Å²) in [5.41, 5.74) is 0. The van der Waals surface area contributed by atoms with Crippen molar-refractivity contribution >= 4 is 19.8 Å². The van der Waals surface area contributed by atoms with Crippen LogP contribution < -0.4 is 0 Å². The molecule has 0 bridgehead atoms. The SMILES string of the molecule is CCCCCC/C=C\C/C=C\CCCCCCCCCC(=O)OC(COC(=O)CCCCCCCCCCCCC)COP(=O)(O)OCC. The maximum Gasteiger partial charge on any atom is 0.472 e. The van der Waals surface area contributed by atoms with Gasteiger partial charge in [0.2, 0.25) is 0 Å². The molecule has 0 aliphatic carbocycles. The molecule has 0 rings (SSSR count). The van der Waals surface area contributed by atoms with Crippen LogP contribution in [0.5, 0.6) is 0 Å². The van der Waals surface area contributed by atoms with Crippen LogP contribution >= 0.6 is 7.82 Å². The molecule has 49 heavy (non-hydrogen) atoms. The second kappa shape index (κ2) is 36.3. The summed E-state index contributed by atoms with van der Waals surface area (Å²) >= 11 is 0. The number of unbranched alkanes of at least 4 members (excludes halogenated alkanes) is 21. The molecule has 8 nitrogen and oxygen atoms in total. The van der Waals surface area contributed by atoms with Gasteiger partial charge in [0.1, 0.15) is 6.61 Å². The number of esters is 2. The molecule has 0 saturated heterocycles. The molecule has 0 radical (unpaired) electrons. The van der Waals surface area contributed by atoms with Crippen LogP contribution in [0.3, 0.4) is 0 Å². The Kier molecular flexibility index (Phi) is 35.2. The number of rotatable bonds is 37. The number of allylic oxidation sites excluding steroid dienone is 4. The maximum atomic E-state index is 12.5. The Morgan fingerprint density at radius 2 is 0.980 bits per heavy atom. The highest BCUT2D eigenvalue weighted by Gasteiger charge is 2.25. The topological polar surface area (TPSA) is 108 Å². The largest absolute Gasteiger partial charge is 0.472 e. The zero-order valence-electron chi connectivity index (χ0n) is 31.9. The summed E-state index contributed by atoms with van der Waals surface area (Å²) in [6.07, 6.45) is 38.0. The van der Waals surface area contributed by atoms with E-state index < -0.39 is 26.5 Å². The normalized spacial score (nSPS) is 13.6. The lowest BCUT2D eigenvalue weighted by atomic mass is 10.1. The minimum Gasteiger partial charge on any atom is -0.462 e. The Bertz CT molecular complexity index is 859. The number of carbonyl (C=O) groups excluding carboxylic acids is 2. The molecule has 0 aromatic rings. The second-order valence-corrected chi connectivity index (χ2v) is 14.8. The summed E-state index contributed by atoms with van der Waals surface area (Å²) in [6.45, 7) is 5.44. The number of hydrogen-bond acceptors (Lipinski definition) is 7. The predicted octanol–water partition coefficient (Wildman–Crippen LogP) is 12.3. The number of phosphoric ester groups is 1. The molecule has 0 amide bonds. The molecule has 2 atom stereocenters. The summed E-state index contributed by atoms with van der Waals surface area (Å²) in [7, 11) is -4.27. The maximum absolute atomic E-state index is 12.5. The third-order valence-corrected chi connectivity index (χ3v) is 9.57. The molecule has 0 aliphatic rings.